The first-order chi connectivity index (χ1) is 16.6. The monoisotopic (exact) mass is 454 g/mol. The summed E-state index contributed by atoms with van der Waals surface area (Å²) in [7, 11) is 0. The number of rotatable bonds is 5. The summed E-state index contributed by atoms with van der Waals surface area (Å²) < 4.78 is 22.5. The molecule has 7 nitrogen and oxygen atoms in total. The van der Waals surface area contributed by atoms with Crippen molar-refractivity contribution in [2.45, 2.75) is 37.4 Å². The maximum Gasteiger partial charge on any atom is 0.161 e. The van der Waals surface area contributed by atoms with Gasteiger partial charge >= 0.3 is 0 Å². The van der Waals surface area contributed by atoms with Crippen LogP contribution in [0.5, 0.6) is 5.75 Å². The highest BCUT2D eigenvalue weighted by Gasteiger charge is 2.46. The van der Waals surface area contributed by atoms with Crippen molar-refractivity contribution < 1.29 is 23.7 Å². The number of benzene rings is 2. The zero-order valence-corrected chi connectivity index (χ0v) is 18.3. The van der Waals surface area contributed by atoms with Crippen LogP contribution in [0.3, 0.4) is 0 Å². The number of aliphatic hydroxyl groups is 1. The van der Waals surface area contributed by atoms with Gasteiger partial charge in [-0.3, -0.25) is 4.98 Å². The van der Waals surface area contributed by atoms with Crippen LogP contribution in [0.4, 0.5) is 0 Å². The van der Waals surface area contributed by atoms with Gasteiger partial charge in [0.25, 0.3) is 0 Å². The Bertz CT molecular complexity index is 1380. The van der Waals surface area contributed by atoms with E-state index in [1.54, 1.807) is 12.5 Å². The van der Waals surface area contributed by atoms with Crippen LogP contribution < -0.4 is 4.74 Å². The van der Waals surface area contributed by atoms with E-state index in [0.29, 0.717) is 36.5 Å². The third-order valence-corrected chi connectivity index (χ3v) is 6.44. The van der Waals surface area contributed by atoms with Crippen molar-refractivity contribution in [3.05, 3.63) is 84.1 Å². The lowest BCUT2D eigenvalue weighted by atomic mass is 9.87. The number of furan rings is 1. The molecule has 6 rings (SSSR count). The van der Waals surface area contributed by atoms with Crippen molar-refractivity contribution >= 4 is 10.8 Å². The van der Waals surface area contributed by atoms with Gasteiger partial charge < -0.3 is 23.7 Å². The molecule has 34 heavy (non-hydrogen) atoms. The molecule has 4 heterocycles. The molecule has 2 fully saturated rings. The first-order valence-corrected chi connectivity index (χ1v) is 11.2. The van der Waals surface area contributed by atoms with Gasteiger partial charge in [-0.2, -0.15) is 5.26 Å². The van der Waals surface area contributed by atoms with Crippen molar-refractivity contribution in [3.63, 3.8) is 0 Å². The molecular formula is C27H22N2O5. The molecule has 170 valence electrons. The number of hydrogen-bond donors (Lipinski definition) is 1. The lowest BCUT2D eigenvalue weighted by molar-refractivity contribution is -0.160. The summed E-state index contributed by atoms with van der Waals surface area (Å²) in [5, 5.41) is 22.6. The lowest BCUT2D eigenvalue weighted by Gasteiger charge is -2.34. The van der Waals surface area contributed by atoms with E-state index < -0.39 is 5.60 Å². The molecule has 0 spiro atoms. The summed E-state index contributed by atoms with van der Waals surface area (Å²) in [4.78, 5) is 4.68. The number of aromatic nitrogens is 1. The first-order valence-electron chi connectivity index (χ1n) is 11.2. The maximum atomic E-state index is 11.2. The predicted octanol–water partition coefficient (Wildman–Crippen LogP) is 4.67. The van der Waals surface area contributed by atoms with E-state index in [1.165, 1.54) is 0 Å². The van der Waals surface area contributed by atoms with Crippen molar-refractivity contribution in [2.24, 2.45) is 0 Å². The van der Waals surface area contributed by atoms with E-state index >= 15 is 0 Å². The van der Waals surface area contributed by atoms with Crippen LogP contribution in [0.25, 0.3) is 21.9 Å². The van der Waals surface area contributed by atoms with Crippen LogP contribution in [0.2, 0.25) is 0 Å². The van der Waals surface area contributed by atoms with E-state index in [1.807, 2.05) is 54.6 Å². The molecule has 0 saturated carbocycles. The summed E-state index contributed by atoms with van der Waals surface area (Å²) in [6.07, 6.45) is 3.63. The number of ether oxygens (including phenoxy) is 3. The quantitative estimate of drug-likeness (QED) is 0.468. The minimum Gasteiger partial charge on any atom is -0.487 e. The second kappa shape index (κ2) is 8.26. The number of fused-ring (bicyclic) bond motifs is 3. The standard InChI is InChI=1S/C27H22N2O5/c28-13-17-8-19-10-21(4-5-23(19)24(9-17)18-6-7-31-14-18)32-15-20-2-1-3-25(29-20)27(30)11-22-16-33-26(12-27)34-22/h1-10,14,22,26,30H,11-12,15-16H2/t22-,26+,27-/m0/s1. The summed E-state index contributed by atoms with van der Waals surface area (Å²) >= 11 is 0. The summed E-state index contributed by atoms with van der Waals surface area (Å²) in [5.41, 5.74) is 2.68. The van der Waals surface area contributed by atoms with E-state index in [2.05, 4.69) is 11.1 Å². The van der Waals surface area contributed by atoms with Gasteiger partial charge in [-0.15, -0.1) is 0 Å². The summed E-state index contributed by atoms with van der Waals surface area (Å²) in [6.45, 7) is 0.759. The Morgan fingerprint density at radius 3 is 2.91 bits per heavy atom. The molecule has 2 aliphatic heterocycles. The Kier molecular flexibility index (Phi) is 5.07. The van der Waals surface area contributed by atoms with Gasteiger partial charge in [0.05, 0.1) is 48.3 Å². The topological polar surface area (TPSA) is 97.7 Å². The molecule has 0 aliphatic carbocycles. The minimum absolute atomic E-state index is 0.103. The summed E-state index contributed by atoms with van der Waals surface area (Å²) in [5.74, 6) is 0.671. The van der Waals surface area contributed by atoms with Crippen LogP contribution in [-0.2, 0) is 21.7 Å². The SMILES string of the molecule is N#Cc1cc(-c2ccoc2)c2ccc(OCc3cccc([C@]4(O)C[C@H]5CO[C@@H](C4)O5)n3)cc2c1. The lowest BCUT2D eigenvalue weighted by Crippen LogP contribution is -2.40. The van der Waals surface area contributed by atoms with Gasteiger partial charge in [0.2, 0.25) is 0 Å². The van der Waals surface area contributed by atoms with E-state index in [4.69, 9.17) is 18.6 Å². The van der Waals surface area contributed by atoms with Gasteiger partial charge in [-0.1, -0.05) is 12.1 Å². The Morgan fingerprint density at radius 1 is 1.15 bits per heavy atom. The predicted molar refractivity (Wildman–Crippen MR) is 123 cm³/mol. The highest BCUT2D eigenvalue weighted by atomic mass is 16.7. The van der Waals surface area contributed by atoms with Gasteiger partial charge in [-0.25, -0.2) is 0 Å². The minimum atomic E-state index is -1.07. The van der Waals surface area contributed by atoms with Crippen molar-refractivity contribution in [3.8, 4) is 22.9 Å². The molecule has 2 saturated heterocycles. The largest absolute Gasteiger partial charge is 0.487 e. The molecule has 7 heteroatoms. The Labute approximate surface area is 196 Å². The number of nitriles is 1. The molecule has 0 radical (unpaired) electrons. The fraction of sp³-hybridized carbons (Fsp3) is 0.259. The van der Waals surface area contributed by atoms with Gasteiger partial charge in [-0.05, 0) is 58.8 Å². The van der Waals surface area contributed by atoms with Crippen molar-refractivity contribution in [2.75, 3.05) is 6.61 Å². The van der Waals surface area contributed by atoms with Gasteiger partial charge in [0.15, 0.2) is 6.29 Å². The van der Waals surface area contributed by atoms with Crippen molar-refractivity contribution in [1.29, 1.82) is 5.26 Å². The third-order valence-electron chi connectivity index (χ3n) is 6.44. The van der Waals surface area contributed by atoms with Gasteiger partial charge in [0.1, 0.15) is 18.0 Å². The average molecular weight is 454 g/mol. The molecule has 0 amide bonds. The molecule has 3 atom stereocenters. The Morgan fingerprint density at radius 2 is 2.09 bits per heavy atom. The molecular weight excluding hydrogens is 432 g/mol. The normalized spacial score (nSPS) is 23.6. The number of hydrogen-bond acceptors (Lipinski definition) is 7. The van der Waals surface area contributed by atoms with Gasteiger partial charge in [0, 0.05) is 18.4 Å². The molecule has 2 bridgehead atoms. The number of nitrogens with zero attached hydrogens (tertiary/aromatic N) is 2. The zero-order valence-electron chi connectivity index (χ0n) is 18.3. The molecule has 0 unspecified atom stereocenters. The molecule has 2 aromatic carbocycles. The second-order valence-electron chi connectivity index (χ2n) is 8.79. The fourth-order valence-electron chi connectivity index (χ4n) is 4.80. The first kappa shape index (κ1) is 20.9. The molecule has 4 aromatic rings. The third kappa shape index (κ3) is 3.82. The zero-order chi connectivity index (χ0) is 23.1. The van der Waals surface area contributed by atoms with Crippen LogP contribution >= 0.6 is 0 Å². The van der Waals surface area contributed by atoms with Crippen LogP contribution in [0.15, 0.2) is 71.5 Å². The fourth-order valence-corrected chi connectivity index (χ4v) is 4.80. The Balaban J connectivity index is 1.24. The van der Waals surface area contributed by atoms with Crippen LogP contribution in [-0.4, -0.2) is 29.1 Å². The average Bonchev–Trinajstić information content (AvgIpc) is 3.52. The molecule has 2 aliphatic rings. The van der Waals surface area contributed by atoms with E-state index in [-0.39, 0.29) is 19.0 Å². The van der Waals surface area contributed by atoms with Crippen LogP contribution in [0, 0.1) is 11.3 Å². The maximum absolute atomic E-state index is 11.2. The van der Waals surface area contributed by atoms with E-state index in [9.17, 15) is 10.4 Å². The van der Waals surface area contributed by atoms with Crippen LogP contribution in [0.1, 0.15) is 29.8 Å². The second-order valence-corrected chi connectivity index (χ2v) is 8.79. The smallest absolute Gasteiger partial charge is 0.161 e. The highest BCUT2D eigenvalue weighted by Crippen LogP contribution is 2.40. The Hall–Kier alpha value is -3.70. The number of pyridine rings is 1. The molecule has 1 N–H and O–H groups in total. The van der Waals surface area contributed by atoms with Crippen molar-refractivity contribution in [1.82, 2.24) is 4.98 Å². The summed E-state index contributed by atoms with van der Waals surface area (Å²) in [6, 6.07) is 19.2. The highest BCUT2D eigenvalue weighted by molar-refractivity contribution is 5.98. The molecule has 2 aromatic heterocycles. The van der Waals surface area contributed by atoms with E-state index in [0.717, 1.165) is 27.6 Å².